The Morgan fingerprint density at radius 1 is 1.22 bits per heavy atom. The Bertz CT molecular complexity index is 1640. The summed E-state index contributed by atoms with van der Waals surface area (Å²) >= 11 is 0. The Morgan fingerprint density at radius 3 is 2.63 bits per heavy atom. The smallest absolute Gasteiger partial charge is 0.386 e. The van der Waals surface area contributed by atoms with E-state index in [1.807, 2.05) is 12.1 Å². The number of rotatable bonds is 8. The molecule has 0 spiro atoms. The predicted molar refractivity (Wildman–Crippen MR) is 155 cm³/mol. The van der Waals surface area contributed by atoms with Gasteiger partial charge in [-0.15, -0.1) is 12.3 Å². The largest absolute Gasteiger partial charge is 0.439 e. The molecule has 0 saturated heterocycles. The van der Waals surface area contributed by atoms with Gasteiger partial charge in [0, 0.05) is 24.7 Å². The quantitative estimate of drug-likeness (QED) is 0.267. The first-order valence-electron chi connectivity index (χ1n) is 14.5. The molecule has 2 saturated carbocycles. The summed E-state index contributed by atoms with van der Waals surface area (Å²) in [6.07, 6.45) is 15.0. The van der Waals surface area contributed by atoms with E-state index in [2.05, 4.69) is 37.9 Å². The molecule has 0 aromatic carbocycles. The lowest BCUT2D eigenvalue weighted by Crippen LogP contribution is -2.31. The first-order valence-corrected chi connectivity index (χ1v) is 14.5. The SMILES string of the molecule is C#CC1CCC(Cn2c(-c3cc(C(C)(C)O)ccn3)nc3nc(-c4noc(=O)[nH]4)nc(NC(C)C4CCC4)c32)CC1. The van der Waals surface area contributed by atoms with Gasteiger partial charge < -0.3 is 15.0 Å². The standard InChI is InChI=1S/C30H36N8O3/c1-5-18-9-11-19(12-10-18)16-38-23-24(32-17(2)20-7-6-8-20)33-26(27-36-29(39)41-37-27)34-25(23)35-28(38)22-15-21(13-14-31-22)30(3,4)40/h1,13-15,17-20,40H,6-12,16H2,2-4H3,(H,32,33,34)(H,36,37,39). The maximum atomic E-state index is 11.7. The van der Waals surface area contributed by atoms with Gasteiger partial charge in [0.25, 0.3) is 0 Å². The lowest BCUT2D eigenvalue weighted by molar-refractivity contribution is 0.0785. The third kappa shape index (κ3) is 5.48. The van der Waals surface area contributed by atoms with Crippen LogP contribution in [-0.4, -0.2) is 45.8 Å². The highest BCUT2D eigenvalue weighted by molar-refractivity contribution is 5.88. The molecule has 2 aliphatic rings. The Balaban J connectivity index is 1.52. The summed E-state index contributed by atoms with van der Waals surface area (Å²) < 4.78 is 6.91. The van der Waals surface area contributed by atoms with Crippen molar-refractivity contribution in [2.45, 2.75) is 83.9 Å². The van der Waals surface area contributed by atoms with E-state index in [-0.39, 0.29) is 17.7 Å². The molecule has 4 aromatic rings. The van der Waals surface area contributed by atoms with Gasteiger partial charge in [-0.1, -0.05) is 11.6 Å². The number of H-pyrrole nitrogens is 1. The molecule has 0 bridgehead atoms. The monoisotopic (exact) mass is 556 g/mol. The Morgan fingerprint density at radius 2 is 2.00 bits per heavy atom. The number of nitrogens with zero attached hydrogens (tertiary/aromatic N) is 6. The van der Waals surface area contributed by atoms with Crippen molar-refractivity contribution in [2.24, 2.45) is 17.8 Å². The summed E-state index contributed by atoms with van der Waals surface area (Å²) in [5.41, 5.74) is 1.56. The van der Waals surface area contributed by atoms with Crippen LogP contribution in [0.4, 0.5) is 5.82 Å². The fourth-order valence-electron chi connectivity index (χ4n) is 5.92. The van der Waals surface area contributed by atoms with E-state index >= 15 is 0 Å². The summed E-state index contributed by atoms with van der Waals surface area (Å²) in [4.78, 5) is 33.5. The van der Waals surface area contributed by atoms with E-state index in [9.17, 15) is 9.90 Å². The van der Waals surface area contributed by atoms with Gasteiger partial charge in [-0.05, 0) is 88.8 Å². The predicted octanol–water partition coefficient (Wildman–Crippen LogP) is 4.50. The number of aliphatic hydroxyl groups is 1. The maximum absolute atomic E-state index is 11.7. The van der Waals surface area contributed by atoms with Crippen molar-refractivity contribution in [3.8, 4) is 35.5 Å². The van der Waals surface area contributed by atoms with Crippen LogP contribution in [0.5, 0.6) is 0 Å². The second kappa shape index (κ2) is 10.7. The van der Waals surface area contributed by atoms with Gasteiger partial charge in [0.2, 0.25) is 11.6 Å². The van der Waals surface area contributed by atoms with Crippen LogP contribution < -0.4 is 11.1 Å². The molecule has 1 atom stereocenters. The second-order valence-corrected chi connectivity index (χ2v) is 12.1. The van der Waals surface area contributed by atoms with Crippen LogP contribution in [0.2, 0.25) is 0 Å². The number of hydrogen-bond donors (Lipinski definition) is 3. The molecule has 11 nitrogen and oxygen atoms in total. The minimum atomic E-state index is -1.04. The van der Waals surface area contributed by atoms with Crippen LogP contribution >= 0.6 is 0 Å². The first-order chi connectivity index (χ1) is 19.7. The Kier molecular flexibility index (Phi) is 7.11. The van der Waals surface area contributed by atoms with Crippen LogP contribution in [0.1, 0.15) is 71.3 Å². The Hall–Kier alpha value is -4.04. The third-order valence-corrected chi connectivity index (χ3v) is 8.70. The van der Waals surface area contributed by atoms with E-state index in [0.717, 1.165) is 36.8 Å². The van der Waals surface area contributed by atoms with Gasteiger partial charge in [-0.3, -0.25) is 14.5 Å². The minimum Gasteiger partial charge on any atom is -0.386 e. The normalized spacial score (nSPS) is 20.5. The molecule has 0 radical (unpaired) electrons. The van der Waals surface area contributed by atoms with Crippen LogP contribution in [0.25, 0.3) is 34.3 Å². The number of aromatic nitrogens is 7. The summed E-state index contributed by atoms with van der Waals surface area (Å²) in [6.45, 7) is 6.37. The zero-order valence-corrected chi connectivity index (χ0v) is 23.7. The van der Waals surface area contributed by atoms with Gasteiger partial charge in [-0.2, -0.15) is 0 Å². The van der Waals surface area contributed by atoms with Crippen molar-refractivity contribution in [1.82, 2.24) is 34.6 Å². The average Bonchev–Trinajstić information content (AvgIpc) is 3.51. The molecule has 2 aliphatic carbocycles. The van der Waals surface area contributed by atoms with Crippen molar-refractivity contribution < 1.29 is 9.63 Å². The molecule has 0 amide bonds. The van der Waals surface area contributed by atoms with Gasteiger partial charge in [0.1, 0.15) is 11.2 Å². The maximum Gasteiger partial charge on any atom is 0.439 e. The van der Waals surface area contributed by atoms with Crippen LogP contribution in [0, 0.1) is 30.1 Å². The molecule has 4 heterocycles. The highest BCUT2D eigenvalue weighted by Gasteiger charge is 2.29. The van der Waals surface area contributed by atoms with Crippen molar-refractivity contribution >= 4 is 17.0 Å². The van der Waals surface area contributed by atoms with Crippen LogP contribution in [0.3, 0.4) is 0 Å². The lowest BCUT2D eigenvalue weighted by atomic mass is 9.80. The fourth-order valence-corrected chi connectivity index (χ4v) is 5.92. The molecule has 214 valence electrons. The first kappa shape index (κ1) is 27.1. The molecule has 0 aliphatic heterocycles. The lowest BCUT2D eigenvalue weighted by Gasteiger charge is -2.32. The number of aromatic amines is 1. The number of pyridine rings is 1. The average molecular weight is 557 g/mol. The molecule has 41 heavy (non-hydrogen) atoms. The van der Waals surface area contributed by atoms with Gasteiger partial charge in [0.05, 0.1) is 5.60 Å². The second-order valence-electron chi connectivity index (χ2n) is 12.1. The molecular weight excluding hydrogens is 520 g/mol. The highest BCUT2D eigenvalue weighted by Crippen LogP contribution is 2.37. The summed E-state index contributed by atoms with van der Waals surface area (Å²) in [7, 11) is 0. The van der Waals surface area contributed by atoms with E-state index in [1.165, 1.54) is 19.3 Å². The molecule has 4 aromatic heterocycles. The van der Waals surface area contributed by atoms with Crippen molar-refractivity contribution in [3.05, 3.63) is 34.4 Å². The number of imidazole rings is 1. The van der Waals surface area contributed by atoms with E-state index in [1.54, 1.807) is 20.0 Å². The topological polar surface area (TPSA) is 148 Å². The number of terminal acetylenes is 1. The fraction of sp³-hybridized carbons (Fsp3) is 0.533. The summed E-state index contributed by atoms with van der Waals surface area (Å²) in [6, 6.07) is 3.87. The van der Waals surface area contributed by atoms with Gasteiger partial charge in [0.15, 0.2) is 17.3 Å². The Labute approximate surface area is 238 Å². The molecule has 3 N–H and O–H groups in total. The molecule has 2 fully saturated rings. The summed E-state index contributed by atoms with van der Waals surface area (Å²) in [5, 5.41) is 18.2. The number of hydrogen-bond acceptors (Lipinski definition) is 9. The number of nitrogens with one attached hydrogen (secondary N) is 2. The van der Waals surface area contributed by atoms with Gasteiger partial charge in [-0.25, -0.2) is 19.7 Å². The zero-order valence-electron chi connectivity index (χ0n) is 23.7. The highest BCUT2D eigenvalue weighted by atomic mass is 16.5. The van der Waals surface area contributed by atoms with E-state index in [4.69, 9.17) is 25.9 Å². The number of anilines is 1. The molecule has 11 heteroatoms. The zero-order chi connectivity index (χ0) is 28.7. The molecular formula is C30H36N8O3. The van der Waals surface area contributed by atoms with Crippen molar-refractivity contribution in [1.29, 1.82) is 0 Å². The van der Waals surface area contributed by atoms with Crippen LogP contribution in [0.15, 0.2) is 27.6 Å². The molecule has 1 unspecified atom stereocenters. The van der Waals surface area contributed by atoms with Crippen molar-refractivity contribution in [2.75, 3.05) is 5.32 Å². The third-order valence-electron chi connectivity index (χ3n) is 8.70. The number of fused-ring (bicyclic) bond motifs is 1. The summed E-state index contributed by atoms with van der Waals surface area (Å²) in [5.74, 6) is 5.15. The minimum absolute atomic E-state index is 0.141. The van der Waals surface area contributed by atoms with E-state index < -0.39 is 11.4 Å². The molecule has 6 rings (SSSR count). The van der Waals surface area contributed by atoms with Crippen LogP contribution in [-0.2, 0) is 12.1 Å². The van der Waals surface area contributed by atoms with E-state index in [0.29, 0.717) is 47.3 Å². The van der Waals surface area contributed by atoms with Gasteiger partial charge >= 0.3 is 5.76 Å². The van der Waals surface area contributed by atoms with Crippen molar-refractivity contribution in [3.63, 3.8) is 0 Å².